The van der Waals surface area contributed by atoms with Crippen molar-refractivity contribution in [1.29, 1.82) is 0 Å². The molecule has 114 valence electrons. The Morgan fingerprint density at radius 3 is 3.10 bits per heavy atom. The smallest absolute Gasteiger partial charge is 0.222 e. The van der Waals surface area contributed by atoms with Crippen molar-refractivity contribution in [3.05, 3.63) is 35.4 Å². The van der Waals surface area contributed by atoms with Gasteiger partial charge in [-0.3, -0.25) is 4.79 Å². The first-order valence-corrected chi connectivity index (χ1v) is 8.02. The molecule has 0 radical (unpaired) electrons. The van der Waals surface area contributed by atoms with E-state index in [0.717, 1.165) is 32.4 Å². The summed E-state index contributed by atoms with van der Waals surface area (Å²) in [7, 11) is 0. The molecule has 0 spiro atoms. The molecular formula is C17H24N2O2. The van der Waals surface area contributed by atoms with Crippen molar-refractivity contribution in [3.63, 3.8) is 0 Å². The molecule has 1 saturated heterocycles. The molecule has 2 unspecified atom stereocenters. The monoisotopic (exact) mass is 288 g/mol. The van der Waals surface area contributed by atoms with E-state index >= 15 is 0 Å². The lowest BCUT2D eigenvalue weighted by Gasteiger charge is -2.27. The third-order valence-corrected chi connectivity index (χ3v) is 4.41. The lowest BCUT2D eigenvalue weighted by molar-refractivity contribution is -0.124. The van der Waals surface area contributed by atoms with Crippen molar-refractivity contribution in [2.24, 2.45) is 0 Å². The van der Waals surface area contributed by atoms with E-state index in [4.69, 9.17) is 4.74 Å². The molecule has 0 saturated carbocycles. The molecule has 1 amide bonds. The standard InChI is InChI=1S/C17H24N2O2/c20-17(11-14-6-3-4-10-21-14)19-12-16-15-7-2-1-5-13(15)8-9-18-16/h1-2,5,7,14,16,18H,3-4,6,8-12H2,(H,19,20). The van der Waals surface area contributed by atoms with Gasteiger partial charge in [-0.1, -0.05) is 24.3 Å². The zero-order chi connectivity index (χ0) is 14.5. The molecule has 2 aliphatic heterocycles. The Bertz CT molecular complexity index is 483. The molecule has 2 N–H and O–H groups in total. The average molecular weight is 288 g/mol. The van der Waals surface area contributed by atoms with Crippen LogP contribution >= 0.6 is 0 Å². The number of benzene rings is 1. The molecule has 0 bridgehead atoms. The van der Waals surface area contributed by atoms with Crippen LogP contribution in [0.2, 0.25) is 0 Å². The van der Waals surface area contributed by atoms with Crippen LogP contribution in [0.4, 0.5) is 0 Å². The van der Waals surface area contributed by atoms with E-state index < -0.39 is 0 Å². The highest BCUT2D eigenvalue weighted by Crippen LogP contribution is 2.22. The van der Waals surface area contributed by atoms with Gasteiger partial charge in [0.05, 0.1) is 12.5 Å². The van der Waals surface area contributed by atoms with E-state index in [1.165, 1.54) is 17.5 Å². The summed E-state index contributed by atoms with van der Waals surface area (Å²) in [5.41, 5.74) is 2.71. The third kappa shape index (κ3) is 3.83. The maximum atomic E-state index is 12.0. The van der Waals surface area contributed by atoms with Crippen molar-refractivity contribution in [1.82, 2.24) is 10.6 Å². The van der Waals surface area contributed by atoms with Crippen LogP contribution in [0.3, 0.4) is 0 Å². The van der Waals surface area contributed by atoms with Crippen molar-refractivity contribution in [2.45, 2.75) is 44.2 Å². The Labute approximate surface area is 126 Å². The van der Waals surface area contributed by atoms with Crippen LogP contribution in [0.1, 0.15) is 42.9 Å². The van der Waals surface area contributed by atoms with Gasteiger partial charge in [0.15, 0.2) is 0 Å². The lowest BCUT2D eigenvalue weighted by atomic mass is 9.94. The van der Waals surface area contributed by atoms with Crippen molar-refractivity contribution >= 4 is 5.91 Å². The molecule has 0 aliphatic carbocycles. The summed E-state index contributed by atoms with van der Waals surface area (Å²) in [5.74, 6) is 0.103. The third-order valence-electron chi connectivity index (χ3n) is 4.41. The number of nitrogens with one attached hydrogen (secondary N) is 2. The zero-order valence-corrected chi connectivity index (χ0v) is 12.4. The van der Waals surface area contributed by atoms with Gasteiger partial charge < -0.3 is 15.4 Å². The molecular weight excluding hydrogens is 264 g/mol. The minimum Gasteiger partial charge on any atom is -0.378 e. The van der Waals surface area contributed by atoms with E-state index in [2.05, 4.69) is 34.9 Å². The van der Waals surface area contributed by atoms with Crippen LogP contribution in [0.25, 0.3) is 0 Å². The van der Waals surface area contributed by atoms with E-state index in [1.54, 1.807) is 0 Å². The predicted molar refractivity (Wildman–Crippen MR) is 82.1 cm³/mol. The Hall–Kier alpha value is -1.39. The number of hydrogen-bond donors (Lipinski definition) is 2. The number of ether oxygens (including phenoxy) is 1. The van der Waals surface area contributed by atoms with Crippen LogP contribution in [0, 0.1) is 0 Å². The number of amides is 1. The number of hydrogen-bond acceptors (Lipinski definition) is 3. The summed E-state index contributed by atoms with van der Waals surface area (Å²) in [5, 5.41) is 6.55. The highest BCUT2D eigenvalue weighted by atomic mass is 16.5. The molecule has 4 nitrogen and oxygen atoms in total. The molecule has 1 fully saturated rings. The van der Waals surface area contributed by atoms with Gasteiger partial charge in [0.1, 0.15) is 0 Å². The highest BCUT2D eigenvalue weighted by molar-refractivity contribution is 5.76. The number of fused-ring (bicyclic) bond motifs is 1. The van der Waals surface area contributed by atoms with Crippen LogP contribution in [-0.2, 0) is 16.0 Å². The van der Waals surface area contributed by atoms with Gasteiger partial charge in [-0.05, 0) is 43.4 Å². The highest BCUT2D eigenvalue weighted by Gasteiger charge is 2.21. The lowest BCUT2D eigenvalue weighted by Crippen LogP contribution is -2.40. The Morgan fingerprint density at radius 1 is 1.33 bits per heavy atom. The van der Waals surface area contributed by atoms with Gasteiger partial charge in [0.2, 0.25) is 5.91 Å². The van der Waals surface area contributed by atoms with E-state index in [1.807, 2.05) is 0 Å². The second kappa shape index (κ2) is 7.05. The summed E-state index contributed by atoms with van der Waals surface area (Å²) in [6, 6.07) is 8.71. The second-order valence-corrected chi connectivity index (χ2v) is 5.95. The van der Waals surface area contributed by atoms with Gasteiger partial charge in [-0.25, -0.2) is 0 Å². The Morgan fingerprint density at radius 2 is 2.24 bits per heavy atom. The summed E-state index contributed by atoms with van der Waals surface area (Å²) < 4.78 is 5.62. The maximum absolute atomic E-state index is 12.0. The maximum Gasteiger partial charge on any atom is 0.222 e. The van der Waals surface area contributed by atoms with Gasteiger partial charge >= 0.3 is 0 Å². The molecule has 0 aromatic heterocycles. The number of carbonyl (C=O) groups is 1. The largest absolute Gasteiger partial charge is 0.378 e. The summed E-state index contributed by atoms with van der Waals surface area (Å²) >= 11 is 0. The second-order valence-electron chi connectivity index (χ2n) is 5.95. The first-order valence-electron chi connectivity index (χ1n) is 8.02. The summed E-state index contributed by atoms with van der Waals surface area (Å²) in [6.07, 6.45) is 4.99. The quantitative estimate of drug-likeness (QED) is 0.890. The molecule has 2 heterocycles. The Balaban J connectivity index is 1.50. The fourth-order valence-electron chi connectivity index (χ4n) is 3.24. The number of carbonyl (C=O) groups excluding carboxylic acids is 1. The van der Waals surface area contributed by atoms with E-state index in [-0.39, 0.29) is 18.1 Å². The normalized spacial score (nSPS) is 25.1. The first kappa shape index (κ1) is 14.5. The van der Waals surface area contributed by atoms with Crippen molar-refractivity contribution < 1.29 is 9.53 Å². The average Bonchev–Trinajstić information content (AvgIpc) is 2.54. The van der Waals surface area contributed by atoms with Gasteiger partial charge in [0, 0.05) is 19.2 Å². The van der Waals surface area contributed by atoms with Crippen LogP contribution in [0.15, 0.2) is 24.3 Å². The van der Waals surface area contributed by atoms with E-state index in [0.29, 0.717) is 13.0 Å². The molecule has 4 heteroatoms. The Kier molecular flexibility index (Phi) is 4.88. The molecule has 21 heavy (non-hydrogen) atoms. The van der Waals surface area contributed by atoms with Crippen LogP contribution in [0.5, 0.6) is 0 Å². The fourth-order valence-corrected chi connectivity index (χ4v) is 3.24. The van der Waals surface area contributed by atoms with E-state index in [9.17, 15) is 4.79 Å². The van der Waals surface area contributed by atoms with Gasteiger partial charge in [-0.2, -0.15) is 0 Å². The first-order chi connectivity index (χ1) is 10.3. The van der Waals surface area contributed by atoms with Gasteiger partial charge in [-0.15, -0.1) is 0 Å². The summed E-state index contributed by atoms with van der Waals surface area (Å²) in [6.45, 7) is 2.43. The minimum atomic E-state index is 0.103. The molecule has 1 aromatic carbocycles. The van der Waals surface area contributed by atoms with Crippen LogP contribution < -0.4 is 10.6 Å². The molecule has 2 aliphatic rings. The van der Waals surface area contributed by atoms with Gasteiger partial charge in [0.25, 0.3) is 0 Å². The summed E-state index contributed by atoms with van der Waals surface area (Å²) in [4.78, 5) is 12.0. The SMILES string of the molecule is O=C(CC1CCCCO1)NCC1NCCc2ccccc21. The van der Waals surface area contributed by atoms with Crippen LogP contribution in [-0.4, -0.2) is 31.7 Å². The molecule has 2 atom stereocenters. The zero-order valence-electron chi connectivity index (χ0n) is 12.4. The number of rotatable bonds is 4. The fraction of sp³-hybridized carbons (Fsp3) is 0.588. The topological polar surface area (TPSA) is 50.4 Å². The van der Waals surface area contributed by atoms with Crippen molar-refractivity contribution in [3.8, 4) is 0 Å². The van der Waals surface area contributed by atoms with Crippen molar-refractivity contribution in [2.75, 3.05) is 19.7 Å². The molecule has 1 aromatic rings. The predicted octanol–water partition coefficient (Wildman–Crippen LogP) is 1.95. The minimum absolute atomic E-state index is 0.103. The molecule has 3 rings (SSSR count).